The highest BCUT2D eigenvalue weighted by Gasteiger charge is 2.17. The van der Waals surface area contributed by atoms with Crippen LogP contribution in [0, 0.1) is 11.3 Å². The smallest absolute Gasteiger partial charge is 0.171 e. The van der Waals surface area contributed by atoms with Crippen LogP contribution in [0.15, 0.2) is 24.3 Å². The van der Waals surface area contributed by atoms with E-state index < -0.39 is 0 Å². The number of benzene rings is 1. The van der Waals surface area contributed by atoms with Gasteiger partial charge in [0.25, 0.3) is 0 Å². The summed E-state index contributed by atoms with van der Waals surface area (Å²) in [6.07, 6.45) is 1.64. The van der Waals surface area contributed by atoms with Crippen molar-refractivity contribution in [3.05, 3.63) is 41.2 Å². The molecule has 1 aromatic heterocycles. The van der Waals surface area contributed by atoms with Crippen LogP contribution in [0.1, 0.15) is 30.8 Å². The molecule has 0 spiro atoms. The highest BCUT2D eigenvalue weighted by molar-refractivity contribution is 5.41. The van der Waals surface area contributed by atoms with Crippen LogP contribution >= 0.6 is 0 Å². The van der Waals surface area contributed by atoms with Crippen LogP contribution in [0.5, 0.6) is 11.5 Å². The Balaban J connectivity index is 2.31. The van der Waals surface area contributed by atoms with E-state index in [0.29, 0.717) is 18.7 Å². The highest BCUT2D eigenvalue weighted by atomic mass is 16.5. The van der Waals surface area contributed by atoms with E-state index in [-0.39, 0.29) is 0 Å². The van der Waals surface area contributed by atoms with Crippen LogP contribution in [-0.4, -0.2) is 23.5 Å². The maximum Gasteiger partial charge on any atom is 0.171 e. The van der Waals surface area contributed by atoms with Gasteiger partial charge in [-0.2, -0.15) is 10.4 Å². The number of methoxy groups -OCH3 is 1. The summed E-state index contributed by atoms with van der Waals surface area (Å²) in [6, 6.07) is 9.23. The Morgan fingerprint density at radius 1 is 1.18 bits per heavy atom. The molecule has 1 heterocycles. The second kappa shape index (κ2) is 7.62. The zero-order valence-electron chi connectivity index (χ0n) is 13.3. The van der Waals surface area contributed by atoms with Gasteiger partial charge in [-0.25, -0.2) is 0 Å². The SMILES string of the molecule is CCc1nn(CCOC)c(CC)c1Oc1ccc(C#N)cc1. The van der Waals surface area contributed by atoms with Crippen molar-refractivity contribution in [3.63, 3.8) is 0 Å². The van der Waals surface area contributed by atoms with E-state index in [1.165, 1.54) is 0 Å². The molecule has 5 nitrogen and oxygen atoms in total. The quantitative estimate of drug-likeness (QED) is 0.787. The molecule has 2 rings (SSSR count). The van der Waals surface area contributed by atoms with Crippen LogP contribution < -0.4 is 4.74 Å². The summed E-state index contributed by atoms with van der Waals surface area (Å²) < 4.78 is 13.1. The lowest BCUT2D eigenvalue weighted by Gasteiger charge is -2.09. The van der Waals surface area contributed by atoms with Crippen LogP contribution in [0.25, 0.3) is 0 Å². The van der Waals surface area contributed by atoms with Crippen LogP contribution in [-0.2, 0) is 24.1 Å². The van der Waals surface area contributed by atoms with Crippen molar-refractivity contribution in [2.24, 2.45) is 0 Å². The summed E-state index contributed by atoms with van der Waals surface area (Å²) in [5.41, 5.74) is 2.63. The minimum Gasteiger partial charge on any atom is -0.453 e. The number of ether oxygens (including phenoxy) is 2. The summed E-state index contributed by atoms with van der Waals surface area (Å²) in [5, 5.41) is 13.5. The number of hydrogen-bond donors (Lipinski definition) is 0. The second-order valence-electron chi connectivity index (χ2n) is 4.88. The van der Waals surface area contributed by atoms with Gasteiger partial charge in [-0.3, -0.25) is 4.68 Å². The lowest BCUT2D eigenvalue weighted by atomic mass is 10.2. The first kappa shape index (κ1) is 16.1. The topological polar surface area (TPSA) is 60.1 Å². The molecule has 0 radical (unpaired) electrons. The fourth-order valence-electron chi connectivity index (χ4n) is 2.31. The molecule has 1 aromatic carbocycles. The summed E-state index contributed by atoms with van der Waals surface area (Å²) in [4.78, 5) is 0. The molecule has 0 aliphatic carbocycles. The monoisotopic (exact) mass is 299 g/mol. The van der Waals surface area contributed by atoms with E-state index in [4.69, 9.17) is 14.7 Å². The average Bonchev–Trinajstić information content (AvgIpc) is 2.90. The van der Waals surface area contributed by atoms with E-state index in [2.05, 4.69) is 25.0 Å². The van der Waals surface area contributed by atoms with Crippen molar-refractivity contribution >= 4 is 0 Å². The van der Waals surface area contributed by atoms with Crippen molar-refractivity contribution in [2.45, 2.75) is 33.2 Å². The molecule has 0 fully saturated rings. The normalized spacial score (nSPS) is 10.5. The Bertz CT molecular complexity index is 654. The van der Waals surface area contributed by atoms with E-state index >= 15 is 0 Å². The Kier molecular flexibility index (Phi) is 5.56. The molecule has 0 N–H and O–H groups in total. The predicted octanol–water partition coefficient (Wildman–Crippen LogP) is 3.32. The number of nitriles is 1. The largest absolute Gasteiger partial charge is 0.453 e. The van der Waals surface area contributed by atoms with Crippen LogP contribution in [0.2, 0.25) is 0 Å². The van der Waals surface area contributed by atoms with Gasteiger partial charge in [-0.15, -0.1) is 0 Å². The standard InChI is InChI=1S/C17H21N3O2/c1-4-15-17(16(5-2)20(19-15)10-11-21-3)22-14-8-6-13(12-18)7-9-14/h6-9H,4-5,10-11H2,1-3H3. The minimum atomic E-state index is 0.619. The Morgan fingerprint density at radius 3 is 2.45 bits per heavy atom. The van der Waals surface area contributed by atoms with Gasteiger partial charge in [0, 0.05) is 7.11 Å². The van der Waals surface area contributed by atoms with Gasteiger partial charge in [0.1, 0.15) is 11.4 Å². The summed E-state index contributed by atoms with van der Waals surface area (Å²) >= 11 is 0. The van der Waals surface area contributed by atoms with Gasteiger partial charge < -0.3 is 9.47 Å². The Labute approximate surface area is 131 Å². The van der Waals surface area contributed by atoms with Crippen molar-refractivity contribution in [2.75, 3.05) is 13.7 Å². The number of nitrogens with zero attached hydrogens (tertiary/aromatic N) is 3. The molecule has 0 saturated heterocycles. The molecule has 0 bridgehead atoms. The van der Waals surface area contributed by atoms with Crippen molar-refractivity contribution in [3.8, 4) is 17.6 Å². The van der Waals surface area contributed by atoms with E-state index in [9.17, 15) is 0 Å². The summed E-state index contributed by atoms with van der Waals surface area (Å²) in [7, 11) is 1.68. The molecule has 0 saturated carbocycles. The van der Waals surface area contributed by atoms with Crippen molar-refractivity contribution in [1.82, 2.24) is 9.78 Å². The van der Waals surface area contributed by atoms with Crippen molar-refractivity contribution in [1.29, 1.82) is 5.26 Å². The molecule has 0 unspecified atom stereocenters. The lowest BCUT2D eigenvalue weighted by Crippen LogP contribution is -2.09. The lowest BCUT2D eigenvalue weighted by molar-refractivity contribution is 0.182. The molecular weight excluding hydrogens is 278 g/mol. The summed E-state index contributed by atoms with van der Waals surface area (Å²) in [5.74, 6) is 1.54. The zero-order valence-corrected chi connectivity index (χ0v) is 13.3. The predicted molar refractivity (Wildman–Crippen MR) is 84.1 cm³/mol. The third kappa shape index (κ3) is 3.46. The fourth-order valence-corrected chi connectivity index (χ4v) is 2.31. The third-order valence-corrected chi connectivity index (χ3v) is 3.46. The van der Waals surface area contributed by atoms with Crippen LogP contribution in [0.3, 0.4) is 0 Å². The van der Waals surface area contributed by atoms with Crippen molar-refractivity contribution < 1.29 is 9.47 Å². The minimum absolute atomic E-state index is 0.619. The maximum atomic E-state index is 8.85. The molecule has 0 atom stereocenters. The van der Waals surface area contributed by atoms with Gasteiger partial charge in [0.05, 0.1) is 30.5 Å². The van der Waals surface area contributed by atoms with E-state index in [0.717, 1.165) is 35.7 Å². The van der Waals surface area contributed by atoms with Gasteiger partial charge in [0.15, 0.2) is 5.75 Å². The molecule has 2 aromatic rings. The number of aromatic nitrogens is 2. The molecule has 0 amide bonds. The number of rotatable bonds is 7. The Morgan fingerprint density at radius 2 is 1.91 bits per heavy atom. The molecule has 22 heavy (non-hydrogen) atoms. The van der Waals surface area contributed by atoms with Gasteiger partial charge >= 0.3 is 0 Å². The van der Waals surface area contributed by atoms with E-state index in [1.807, 2.05) is 16.8 Å². The molecule has 0 aliphatic heterocycles. The summed E-state index contributed by atoms with van der Waals surface area (Å²) in [6.45, 7) is 5.48. The van der Waals surface area contributed by atoms with E-state index in [1.54, 1.807) is 19.2 Å². The zero-order chi connectivity index (χ0) is 15.9. The molecule has 116 valence electrons. The van der Waals surface area contributed by atoms with Gasteiger partial charge in [-0.1, -0.05) is 13.8 Å². The van der Waals surface area contributed by atoms with Crippen LogP contribution in [0.4, 0.5) is 0 Å². The maximum absolute atomic E-state index is 8.85. The first-order valence-corrected chi connectivity index (χ1v) is 7.48. The number of hydrogen-bond acceptors (Lipinski definition) is 4. The number of aryl methyl sites for hydroxylation is 1. The highest BCUT2D eigenvalue weighted by Crippen LogP contribution is 2.30. The second-order valence-corrected chi connectivity index (χ2v) is 4.88. The Hall–Kier alpha value is -2.32. The molecular formula is C17H21N3O2. The van der Waals surface area contributed by atoms with Gasteiger partial charge in [0.2, 0.25) is 0 Å². The first-order valence-electron chi connectivity index (χ1n) is 7.48. The molecule has 5 heteroatoms. The van der Waals surface area contributed by atoms with Gasteiger partial charge in [-0.05, 0) is 37.1 Å². The first-order chi connectivity index (χ1) is 10.7. The molecule has 0 aliphatic rings. The average molecular weight is 299 g/mol. The fraction of sp³-hybridized carbons (Fsp3) is 0.412. The third-order valence-electron chi connectivity index (χ3n) is 3.46.